The molecule has 2 aliphatic rings. The highest BCUT2D eigenvalue weighted by Crippen LogP contribution is 2.38. The predicted molar refractivity (Wildman–Crippen MR) is 80.7 cm³/mol. The Labute approximate surface area is 126 Å². The molecule has 1 aromatic rings. The molecule has 4 nitrogen and oxygen atoms in total. The molecule has 3 rings (SSSR count). The number of carbonyl (C=O) groups is 1. The summed E-state index contributed by atoms with van der Waals surface area (Å²) in [4.78, 5) is 18.9. The van der Waals surface area contributed by atoms with Gasteiger partial charge in [0.25, 0.3) is 0 Å². The highest BCUT2D eigenvalue weighted by atomic mass is 35.5. The van der Waals surface area contributed by atoms with E-state index in [0.717, 1.165) is 25.2 Å². The quantitative estimate of drug-likeness (QED) is 0.928. The zero-order valence-corrected chi connectivity index (χ0v) is 12.6. The fraction of sp³-hybridized carbons (Fsp3) is 0.600. The number of halogens is 1. The van der Waals surface area contributed by atoms with Crippen molar-refractivity contribution in [3.8, 4) is 0 Å². The van der Waals surface area contributed by atoms with Crippen LogP contribution in [0.4, 0.5) is 0 Å². The van der Waals surface area contributed by atoms with Gasteiger partial charge in [-0.15, -0.1) is 12.4 Å². The fourth-order valence-electron chi connectivity index (χ4n) is 2.90. The average molecular weight is 296 g/mol. The SMILES string of the molecule is CC(C(=O)N1CCNCC1c1cccnc1)C1CC1.Cl. The molecular weight excluding hydrogens is 274 g/mol. The lowest BCUT2D eigenvalue weighted by Crippen LogP contribution is -2.50. The summed E-state index contributed by atoms with van der Waals surface area (Å²) in [6.07, 6.45) is 6.09. The molecule has 2 atom stereocenters. The van der Waals surface area contributed by atoms with Gasteiger partial charge in [-0.05, 0) is 30.4 Å². The Bertz CT molecular complexity index is 450. The highest BCUT2D eigenvalue weighted by molar-refractivity contribution is 5.85. The van der Waals surface area contributed by atoms with Crippen LogP contribution < -0.4 is 5.32 Å². The van der Waals surface area contributed by atoms with Gasteiger partial charge in [-0.25, -0.2) is 0 Å². The maximum Gasteiger partial charge on any atom is 0.226 e. The molecule has 1 aliphatic heterocycles. The minimum atomic E-state index is 0. The van der Waals surface area contributed by atoms with E-state index >= 15 is 0 Å². The van der Waals surface area contributed by atoms with E-state index < -0.39 is 0 Å². The number of rotatable bonds is 3. The lowest BCUT2D eigenvalue weighted by molar-refractivity contribution is -0.139. The molecule has 1 aliphatic carbocycles. The van der Waals surface area contributed by atoms with Crippen LogP contribution in [0.1, 0.15) is 31.4 Å². The van der Waals surface area contributed by atoms with Gasteiger partial charge in [-0.2, -0.15) is 0 Å². The normalized spacial score (nSPS) is 23.9. The molecule has 0 radical (unpaired) electrons. The first-order chi connectivity index (χ1) is 9.27. The number of nitrogens with one attached hydrogen (secondary N) is 1. The molecule has 1 N–H and O–H groups in total. The summed E-state index contributed by atoms with van der Waals surface area (Å²) in [5.74, 6) is 1.12. The van der Waals surface area contributed by atoms with Crippen LogP contribution in [0, 0.1) is 11.8 Å². The number of hydrogen-bond donors (Lipinski definition) is 1. The van der Waals surface area contributed by atoms with Crippen LogP contribution in [0.3, 0.4) is 0 Å². The van der Waals surface area contributed by atoms with Gasteiger partial charge >= 0.3 is 0 Å². The van der Waals surface area contributed by atoms with Crippen LogP contribution in [0.25, 0.3) is 0 Å². The van der Waals surface area contributed by atoms with Crippen LogP contribution >= 0.6 is 12.4 Å². The molecule has 2 unspecified atom stereocenters. The maximum atomic E-state index is 12.6. The largest absolute Gasteiger partial charge is 0.333 e. The Morgan fingerprint density at radius 1 is 1.50 bits per heavy atom. The van der Waals surface area contributed by atoms with E-state index in [4.69, 9.17) is 0 Å². The van der Waals surface area contributed by atoms with Crippen molar-refractivity contribution >= 4 is 18.3 Å². The number of hydrogen-bond acceptors (Lipinski definition) is 3. The number of carbonyl (C=O) groups excluding carboxylic acids is 1. The first-order valence-electron chi connectivity index (χ1n) is 7.18. The molecule has 20 heavy (non-hydrogen) atoms. The number of nitrogens with zero attached hydrogens (tertiary/aromatic N) is 2. The summed E-state index contributed by atoms with van der Waals surface area (Å²) in [6.45, 7) is 4.60. The summed E-state index contributed by atoms with van der Waals surface area (Å²) >= 11 is 0. The van der Waals surface area contributed by atoms with Gasteiger partial charge < -0.3 is 10.2 Å². The third-order valence-electron chi connectivity index (χ3n) is 4.31. The molecule has 1 amide bonds. The number of amides is 1. The van der Waals surface area contributed by atoms with Crippen LogP contribution in [0.2, 0.25) is 0 Å². The van der Waals surface area contributed by atoms with Crippen LogP contribution in [-0.2, 0) is 4.79 Å². The van der Waals surface area contributed by atoms with Crippen LogP contribution in [0.5, 0.6) is 0 Å². The second kappa shape index (κ2) is 6.55. The van der Waals surface area contributed by atoms with Crippen molar-refractivity contribution in [3.63, 3.8) is 0 Å². The standard InChI is InChI=1S/C15H21N3O.ClH/c1-11(12-4-5-12)15(19)18-8-7-17-10-14(18)13-3-2-6-16-9-13;/h2-3,6,9,11-12,14,17H,4-5,7-8,10H2,1H3;1H. The smallest absolute Gasteiger partial charge is 0.226 e. The van der Waals surface area contributed by atoms with Gasteiger partial charge in [-0.3, -0.25) is 9.78 Å². The van der Waals surface area contributed by atoms with Gasteiger partial charge in [0.05, 0.1) is 6.04 Å². The number of piperazine rings is 1. The van der Waals surface area contributed by atoms with Crippen molar-refractivity contribution in [3.05, 3.63) is 30.1 Å². The van der Waals surface area contributed by atoms with Crippen molar-refractivity contribution in [2.45, 2.75) is 25.8 Å². The molecule has 2 heterocycles. The molecule has 1 saturated heterocycles. The predicted octanol–water partition coefficient (Wildman–Crippen LogP) is 2.02. The molecule has 2 fully saturated rings. The zero-order chi connectivity index (χ0) is 13.2. The van der Waals surface area contributed by atoms with Gasteiger partial charge in [0.1, 0.15) is 0 Å². The monoisotopic (exact) mass is 295 g/mol. The van der Waals surface area contributed by atoms with Crippen LogP contribution in [0.15, 0.2) is 24.5 Å². The molecule has 1 saturated carbocycles. The Morgan fingerprint density at radius 3 is 2.95 bits per heavy atom. The Hall–Kier alpha value is -1.13. The minimum Gasteiger partial charge on any atom is -0.333 e. The third-order valence-corrected chi connectivity index (χ3v) is 4.31. The van der Waals surface area contributed by atoms with E-state index in [1.165, 1.54) is 12.8 Å². The lowest BCUT2D eigenvalue weighted by Gasteiger charge is -2.38. The summed E-state index contributed by atoms with van der Waals surface area (Å²) in [5, 5.41) is 3.38. The summed E-state index contributed by atoms with van der Waals surface area (Å²) in [7, 11) is 0. The highest BCUT2D eigenvalue weighted by Gasteiger charge is 2.37. The number of aromatic nitrogens is 1. The first kappa shape index (κ1) is 15.3. The Kier molecular flexibility index (Phi) is 5.00. The van der Waals surface area contributed by atoms with E-state index in [2.05, 4.69) is 28.2 Å². The van der Waals surface area contributed by atoms with Crippen molar-refractivity contribution in [2.75, 3.05) is 19.6 Å². The Balaban J connectivity index is 0.00000147. The second-order valence-electron chi connectivity index (χ2n) is 5.66. The van der Waals surface area contributed by atoms with Crippen molar-refractivity contribution in [1.82, 2.24) is 15.2 Å². The van der Waals surface area contributed by atoms with Gasteiger partial charge in [0.2, 0.25) is 5.91 Å². The minimum absolute atomic E-state index is 0. The molecule has 1 aromatic heterocycles. The number of pyridine rings is 1. The van der Waals surface area contributed by atoms with Gasteiger partial charge in [0.15, 0.2) is 0 Å². The molecule has 0 spiro atoms. The van der Waals surface area contributed by atoms with Crippen LogP contribution in [-0.4, -0.2) is 35.4 Å². The van der Waals surface area contributed by atoms with Crippen molar-refractivity contribution < 1.29 is 4.79 Å². The first-order valence-corrected chi connectivity index (χ1v) is 7.18. The third kappa shape index (κ3) is 3.13. The molecule has 0 bridgehead atoms. The molecule has 5 heteroatoms. The zero-order valence-electron chi connectivity index (χ0n) is 11.8. The summed E-state index contributed by atoms with van der Waals surface area (Å²) < 4.78 is 0. The topological polar surface area (TPSA) is 45.2 Å². The van der Waals surface area contributed by atoms with Gasteiger partial charge in [0, 0.05) is 37.9 Å². The molecule has 0 aromatic carbocycles. The molecular formula is C15H22ClN3O. The maximum absolute atomic E-state index is 12.6. The van der Waals surface area contributed by atoms with Crippen molar-refractivity contribution in [1.29, 1.82) is 0 Å². The van der Waals surface area contributed by atoms with E-state index in [9.17, 15) is 4.79 Å². The van der Waals surface area contributed by atoms with Crippen molar-refractivity contribution in [2.24, 2.45) is 11.8 Å². The van der Waals surface area contributed by atoms with E-state index in [1.54, 1.807) is 6.20 Å². The average Bonchev–Trinajstić information content (AvgIpc) is 3.31. The fourth-order valence-corrected chi connectivity index (χ4v) is 2.90. The molecule has 110 valence electrons. The lowest BCUT2D eigenvalue weighted by atomic mass is 9.99. The van der Waals surface area contributed by atoms with Gasteiger partial charge in [-0.1, -0.05) is 13.0 Å². The second-order valence-corrected chi connectivity index (χ2v) is 5.66. The Morgan fingerprint density at radius 2 is 2.30 bits per heavy atom. The van der Waals surface area contributed by atoms with E-state index in [1.807, 2.05) is 12.3 Å². The van der Waals surface area contributed by atoms with E-state index in [0.29, 0.717) is 11.8 Å². The summed E-state index contributed by atoms with van der Waals surface area (Å²) in [5.41, 5.74) is 1.13. The summed E-state index contributed by atoms with van der Waals surface area (Å²) in [6, 6.07) is 4.14. The van der Waals surface area contributed by atoms with E-state index in [-0.39, 0.29) is 24.4 Å².